The first-order valence-electron chi connectivity index (χ1n) is 6.51. The van der Waals surface area contributed by atoms with Crippen molar-refractivity contribution in [1.29, 1.82) is 0 Å². The fourth-order valence-electron chi connectivity index (χ4n) is 1.97. The van der Waals surface area contributed by atoms with Crippen LogP contribution in [0.5, 0.6) is 0 Å². The van der Waals surface area contributed by atoms with Crippen LogP contribution in [0.2, 0.25) is 0 Å². The summed E-state index contributed by atoms with van der Waals surface area (Å²) in [6.45, 7) is 5.30. The van der Waals surface area contributed by atoms with Crippen LogP contribution in [0.25, 0.3) is 0 Å². The van der Waals surface area contributed by atoms with Crippen molar-refractivity contribution in [3.05, 3.63) is 47.3 Å². The molecular formula is C14H21N5. The minimum absolute atomic E-state index is 0.444. The van der Waals surface area contributed by atoms with Gasteiger partial charge in [-0.2, -0.15) is 0 Å². The summed E-state index contributed by atoms with van der Waals surface area (Å²) in [6, 6.07) is 8.48. The van der Waals surface area contributed by atoms with Crippen LogP contribution in [0.15, 0.2) is 30.5 Å². The molecule has 0 saturated carbocycles. The van der Waals surface area contributed by atoms with Crippen molar-refractivity contribution in [1.82, 2.24) is 19.9 Å². The standard InChI is InChI=1S/C14H21N5/c1-12-5-3-4-6-13(12)10-18(2)7-8-19-11-14(9-15)16-17-19/h3-6,11H,7-10,15H2,1-2H3. The summed E-state index contributed by atoms with van der Waals surface area (Å²) >= 11 is 0. The van der Waals surface area contributed by atoms with Crippen molar-refractivity contribution in [2.75, 3.05) is 13.6 Å². The predicted octanol–water partition coefficient (Wildman–Crippen LogP) is 1.18. The van der Waals surface area contributed by atoms with E-state index in [1.54, 1.807) is 0 Å². The molecule has 0 radical (unpaired) electrons. The summed E-state index contributed by atoms with van der Waals surface area (Å²) in [5.74, 6) is 0. The molecule has 2 rings (SSSR count). The Balaban J connectivity index is 1.84. The number of aromatic nitrogens is 3. The van der Waals surface area contributed by atoms with E-state index in [0.29, 0.717) is 6.54 Å². The van der Waals surface area contributed by atoms with Gasteiger partial charge in [-0.15, -0.1) is 5.10 Å². The van der Waals surface area contributed by atoms with Crippen LogP contribution in [-0.2, 0) is 19.6 Å². The van der Waals surface area contributed by atoms with Crippen molar-refractivity contribution in [3.8, 4) is 0 Å². The quantitative estimate of drug-likeness (QED) is 0.846. The molecule has 2 aromatic rings. The van der Waals surface area contributed by atoms with Crippen molar-refractivity contribution in [2.24, 2.45) is 5.73 Å². The van der Waals surface area contributed by atoms with E-state index >= 15 is 0 Å². The zero-order valence-electron chi connectivity index (χ0n) is 11.6. The summed E-state index contributed by atoms with van der Waals surface area (Å²) < 4.78 is 1.84. The van der Waals surface area contributed by atoms with Crippen LogP contribution in [0.4, 0.5) is 0 Å². The van der Waals surface area contributed by atoms with Crippen LogP contribution < -0.4 is 5.73 Å². The summed E-state index contributed by atoms with van der Waals surface area (Å²) in [5, 5.41) is 8.02. The van der Waals surface area contributed by atoms with E-state index in [1.165, 1.54) is 11.1 Å². The molecule has 5 heteroatoms. The highest BCUT2D eigenvalue weighted by Crippen LogP contribution is 2.09. The van der Waals surface area contributed by atoms with Gasteiger partial charge in [-0.25, -0.2) is 0 Å². The third kappa shape index (κ3) is 3.87. The molecule has 5 nitrogen and oxygen atoms in total. The molecule has 19 heavy (non-hydrogen) atoms. The highest BCUT2D eigenvalue weighted by atomic mass is 15.4. The first-order valence-corrected chi connectivity index (χ1v) is 6.51. The fourth-order valence-corrected chi connectivity index (χ4v) is 1.97. The second kappa shape index (κ2) is 6.45. The lowest BCUT2D eigenvalue weighted by Gasteiger charge is -2.17. The van der Waals surface area contributed by atoms with Crippen LogP contribution in [0.1, 0.15) is 16.8 Å². The zero-order chi connectivity index (χ0) is 13.7. The molecule has 0 amide bonds. The number of hydrogen-bond acceptors (Lipinski definition) is 4. The van der Waals surface area contributed by atoms with E-state index in [4.69, 9.17) is 5.73 Å². The molecule has 1 aromatic heterocycles. The lowest BCUT2D eigenvalue weighted by molar-refractivity contribution is 0.303. The average Bonchev–Trinajstić information content (AvgIpc) is 2.87. The lowest BCUT2D eigenvalue weighted by Crippen LogP contribution is -2.23. The Hall–Kier alpha value is -1.72. The second-order valence-corrected chi connectivity index (χ2v) is 4.84. The number of likely N-dealkylation sites (N-methyl/N-ethyl adjacent to an activating group) is 1. The van der Waals surface area contributed by atoms with Gasteiger partial charge in [-0.1, -0.05) is 29.5 Å². The van der Waals surface area contributed by atoms with Crippen LogP contribution in [-0.4, -0.2) is 33.5 Å². The molecule has 102 valence electrons. The largest absolute Gasteiger partial charge is 0.325 e. The summed E-state index contributed by atoms with van der Waals surface area (Å²) in [7, 11) is 2.12. The van der Waals surface area contributed by atoms with E-state index in [0.717, 1.165) is 25.3 Å². The Morgan fingerprint density at radius 1 is 1.32 bits per heavy atom. The van der Waals surface area contributed by atoms with Crippen molar-refractivity contribution in [3.63, 3.8) is 0 Å². The molecule has 2 N–H and O–H groups in total. The smallest absolute Gasteiger partial charge is 0.0962 e. The van der Waals surface area contributed by atoms with Gasteiger partial charge in [0.1, 0.15) is 0 Å². The van der Waals surface area contributed by atoms with Crippen LogP contribution in [0.3, 0.4) is 0 Å². The topological polar surface area (TPSA) is 60.0 Å². The number of nitrogens with zero attached hydrogens (tertiary/aromatic N) is 4. The number of nitrogens with two attached hydrogens (primary N) is 1. The Labute approximate surface area is 114 Å². The van der Waals surface area contributed by atoms with E-state index in [2.05, 4.69) is 53.4 Å². The third-order valence-electron chi connectivity index (χ3n) is 3.21. The van der Waals surface area contributed by atoms with Gasteiger partial charge >= 0.3 is 0 Å². The maximum Gasteiger partial charge on any atom is 0.0962 e. The molecule has 0 bridgehead atoms. The lowest BCUT2D eigenvalue weighted by atomic mass is 10.1. The van der Waals surface area contributed by atoms with Crippen LogP contribution >= 0.6 is 0 Å². The summed E-state index contributed by atoms with van der Waals surface area (Å²) in [5.41, 5.74) is 9.05. The first kappa shape index (κ1) is 13.7. The molecule has 0 atom stereocenters. The zero-order valence-corrected chi connectivity index (χ0v) is 11.6. The molecule has 0 aliphatic heterocycles. The number of hydrogen-bond donors (Lipinski definition) is 1. The molecular weight excluding hydrogens is 238 g/mol. The Morgan fingerprint density at radius 3 is 2.79 bits per heavy atom. The minimum Gasteiger partial charge on any atom is -0.325 e. The minimum atomic E-state index is 0.444. The molecule has 0 aliphatic rings. The molecule has 0 saturated heterocycles. The number of aryl methyl sites for hydroxylation is 1. The Bertz CT molecular complexity index is 520. The van der Waals surface area contributed by atoms with Crippen molar-refractivity contribution >= 4 is 0 Å². The molecule has 1 aromatic carbocycles. The fraction of sp³-hybridized carbons (Fsp3) is 0.429. The maximum atomic E-state index is 5.51. The van der Waals surface area contributed by atoms with Gasteiger partial charge in [0.05, 0.1) is 12.2 Å². The van der Waals surface area contributed by atoms with Gasteiger partial charge < -0.3 is 10.6 Å². The van der Waals surface area contributed by atoms with Gasteiger partial charge in [0.2, 0.25) is 0 Å². The SMILES string of the molecule is Cc1ccccc1CN(C)CCn1cc(CN)nn1. The molecule has 1 heterocycles. The highest BCUT2D eigenvalue weighted by molar-refractivity contribution is 5.25. The molecule has 0 spiro atoms. The normalized spacial score (nSPS) is 11.2. The van der Waals surface area contributed by atoms with Gasteiger partial charge in [0.25, 0.3) is 0 Å². The predicted molar refractivity (Wildman–Crippen MR) is 75.4 cm³/mol. The highest BCUT2D eigenvalue weighted by Gasteiger charge is 2.04. The van der Waals surface area contributed by atoms with Crippen molar-refractivity contribution < 1.29 is 0 Å². The van der Waals surface area contributed by atoms with E-state index in [1.807, 2.05) is 10.9 Å². The Morgan fingerprint density at radius 2 is 2.11 bits per heavy atom. The van der Waals surface area contributed by atoms with Gasteiger partial charge in [0, 0.05) is 25.8 Å². The summed E-state index contributed by atoms with van der Waals surface area (Å²) in [6.07, 6.45) is 1.90. The first-order chi connectivity index (χ1) is 9.19. The monoisotopic (exact) mass is 259 g/mol. The van der Waals surface area contributed by atoms with Gasteiger partial charge in [-0.05, 0) is 25.1 Å². The average molecular weight is 259 g/mol. The summed E-state index contributed by atoms with van der Waals surface area (Å²) in [4.78, 5) is 2.28. The maximum absolute atomic E-state index is 5.51. The van der Waals surface area contributed by atoms with E-state index in [9.17, 15) is 0 Å². The van der Waals surface area contributed by atoms with E-state index < -0.39 is 0 Å². The second-order valence-electron chi connectivity index (χ2n) is 4.84. The van der Waals surface area contributed by atoms with Gasteiger partial charge in [-0.3, -0.25) is 4.68 Å². The Kier molecular flexibility index (Phi) is 4.65. The molecule has 0 aliphatic carbocycles. The number of rotatable bonds is 6. The number of benzene rings is 1. The van der Waals surface area contributed by atoms with Gasteiger partial charge in [0.15, 0.2) is 0 Å². The van der Waals surface area contributed by atoms with Crippen molar-refractivity contribution in [2.45, 2.75) is 26.6 Å². The molecule has 0 unspecified atom stereocenters. The van der Waals surface area contributed by atoms with E-state index in [-0.39, 0.29) is 0 Å². The third-order valence-corrected chi connectivity index (χ3v) is 3.21. The van der Waals surface area contributed by atoms with Crippen LogP contribution in [0, 0.1) is 6.92 Å². The molecule has 0 fully saturated rings.